The quantitative estimate of drug-likeness (QED) is 0.769. The van der Waals surface area contributed by atoms with Crippen LogP contribution in [0.1, 0.15) is 39.0 Å². The number of rotatable bonds is 3. The van der Waals surface area contributed by atoms with Crippen molar-refractivity contribution in [2.24, 2.45) is 0 Å². The third-order valence-electron chi connectivity index (χ3n) is 3.65. The van der Waals surface area contributed by atoms with Crippen LogP contribution in [0.4, 0.5) is 5.82 Å². The highest BCUT2D eigenvalue weighted by Crippen LogP contribution is 2.35. The molecule has 3 heterocycles. The van der Waals surface area contributed by atoms with E-state index in [4.69, 9.17) is 0 Å². The summed E-state index contributed by atoms with van der Waals surface area (Å²) < 4.78 is 0. The molecule has 21 heavy (non-hydrogen) atoms. The minimum absolute atomic E-state index is 0.189. The number of fused-ring (bicyclic) bond motifs is 1. The van der Waals surface area contributed by atoms with Crippen molar-refractivity contribution in [3.8, 4) is 0 Å². The van der Waals surface area contributed by atoms with Crippen LogP contribution >= 0.6 is 22.7 Å². The summed E-state index contributed by atoms with van der Waals surface area (Å²) in [6.07, 6.45) is 1.64. The van der Waals surface area contributed by atoms with Gasteiger partial charge in [0.15, 0.2) is 0 Å². The van der Waals surface area contributed by atoms with E-state index in [1.54, 1.807) is 29.0 Å². The van der Waals surface area contributed by atoms with Gasteiger partial charge in [-0.15, -0.1) is 22.7 Å². The predicted octanol–water partition coefficient (Wildman–Crippen LogP) is 4.55. The van der Waals surface area contributed by atoms with Gasteiger partial charge < -0.3 is 5.32 Å². The van der Waals surface area contributed by atoms with Gasteiger partial charge in [-0.1, -0.05) is 0 Å². The van der Waals surface area contributed by atoms with Crippen molar-refractivity contribution in [3.05, 3.63) is 32.3 Å². The van der Waals surface area contributed by atoms with Crippen LogP contribution in [0.25, 0.3) is 10.2 Å². The SMILES string of the molecule is Cc1nc(C)c(C(C)Nc2ncnc3sc(C)c(C)c23)s1. The molecular formula is C15H18N4S2. The third kappa shape index (κ3) is 2.53. The molecule has 4 nitrogen and oxygen atoms in total. The molecule has 0 aliphatic heterocycles. The molecule has 0 fully saturated rings. The summed E-state index contributed by atoms with van der Waals surface area (Å²) >= 11 is 3.46. The molecule has 0 bridgehead atoms. The van der Waals surface area contributed by atoms with E-state index < -0.39 is 0 Å². The standard InChI is InChI=1S/C15H18N4S2/c1-7-10(4)20-15-12(7)14(16-6-17-15)19-9(3)13-8(2)18-11(5)21-13/h6,9H,1-5H3,(H,16,17,19). The number of thiophene rings is 1. The topological polar surface area (TPSA) is 50.7 Å². The number of anilines is 1. The summed E-state index contributed by atoms with van der Waals surface area (Å²) in [5.41, 5.74) is 2.36. The van der Waals surface area contributed by atoms with E-state index >= 15 is 0 Å². The fraction of sp³-hybridized carbons (Fsp3) is 0.400. The molecule has 110 valence electrons. The number of hydrogen-bond donors (Lipinski definition) is 1. The van der Waals surface area contributed by atoms with Crippen molar-refractivity contribution in [2.45, 2.75) is 40.7 Å². The molecule has 3 aromatic heterocycles. The lowest BCUT2D eigenvalue weighted by Crippen LogP contribution is -2.08. The Bertz CT molecular complexity index is 803. The van der Waals surface area contributed by atoms with Gasteiger partial charge in [0.25, 0.3) is 0 Å². The number of aryl methyl sites for hydroxylation is 4. The molecule has 0 amide bonds. The van der Waals surface area contributed by atoms with Crippen LogP contribution in [0.3, 0.4) is 0 Å². The zero-order valence-electron chi connectivity index (χ0n) is 12.8. The molecule has 0 radical (unpaired) electrons. The Morgan fingerprint density at radius 2 is 1.86 bits per heavy atom. The first-order valence-electron chi connectivity index (χ1n) is 6.88. The maximum absolute atomic E-state index is 4.51. The fourth-order valence-corrected chi connectivity index (χ4v) is 4.44. The lowest BCUT2D eigenvalue weighted by molar-refractivity contribution is 0.881. The van der Waals surface area contributed by atoms with Crippen LogP contribution in [-0.4, -0.2) is 15.0 Å². The number of nitrogens with one attached hydrogen (secondary N) is 1. The summed E-state index contributed by atoms with van der Waals surface area (Å²) in [6, 6.07) is 0.189. The molecule has 3 rings (SSSR count). The molecule has 6 heteroatoms. The van der Waals surface area contributed by atoms with Crippen molar-refractivity contribution in [1.29, 1.82) is 0 Å². The number of aromatic nitrogens is 3. The largest absolute Gasteiger partial charge is 0.362 e. The maximum Gasteiger partial charge on any atom is 0.138 e. The van der Waals surface area contributed by atoms with E-state index in [2.05, 4.69) is 48.0 Å². The van der Waals surface area contributed by atoms with E-state index in [1.807, 2.05) is 6.92 Å². The fourth-order valence-electron chi connectivity index (χ4n) is 2.51. The van der Waals surface area contributed by atoms with Crippen LogP contribution in [-0.2, 0) is 0 Å². The Kier molecular flexibility index (Phi) is 3.67. The molecule has 0 spiro atoms. The van der Waals surface area contributed by atoms with Crippen LogP contribution in [0, 0.1) is 27.7 Å². The Balaban J connectivity index is 2.00. The second kappa shape index (κ2) is 5.35. The van der Waals surface area contributed by atoms with Gasteiger partial charge in [-0.05, 0) is 40.2 Å². The van der Waals surface area contributed by atoms with Crippen molar-refractivity contribution >= 4 is 38.7 Å². The van der Waals surface area contributed by atoms with Crippen molar-refractivity contribution in [2.75, 3.05) is 5.32 Å². The Morgan fingerprint density at radius 1 is 1.10 bits per heavy atom. The predicted molar refractivity (Wildman–Crippen MR) is 90.5 cm³/mol. The molecule has 0 saturated carbocycles. The first kappa shape index (κ1) is 14.4. The van der Waals surface area contributed by atoms with Gasteiger partial charge in [0.05, 0.1) is 22.1 Å². The first-order valence-corrected chi connectivity index (χ1v) is 8.52. The molecule has 1 atom stereocenters. The highest BCUT2D eigenvalue weighted by molar-refractivity contribution is 7.18. The van der Waals surface area contributed by atoms with Gasteiger partial charge in [0, 0.05) is 9.75 Å². The van der Waals surface area contributed by atoms with Gasteiger partial charge in [0.1, 0.15) is 17.0 Å². The van der Waals surface area contributed by atoms with Crippen molar-refractivity contribution in [3.63, 3.8) is 0 Å². The normalized spacial score (nSPS) is 12.8. The number of thiazole rings is 1. The zero-order chi connectivity index (χ0) is 15.1. The highest BCUT2D eigenvalue weighted by atomic mass is 32.1. The van der Waals surface area contributed by atoms with Gasteiger partial charge in [0.2, 0.25) is 0 Å². The minimum Gasteiger partial charge on any atom is -0.362 e. The second-order valence-electron chi connectivity index (χ2n) is 5.23. The van der Waals surface area contributed by atoms with E-state index in [-0.39, 0.29) is 6.04 Å². The molecular weight excluding hydrogens is 300 g/mol. The van der Waals surface area contributed by atoms with E-state index in [1.165, 1.54) is 15.3 Å². The first-order chi connectivity index (χ1) is 9.97. The Morgan fingerprint density at radius 3 is 2.52 bits per heavy atom. The Labute approximate surface area is 132 Å². The van der Waals surface area contributed by atoms with Gasteiger partial charge in [-0.2, -0.15) is 0 Å². The molecule has 1 N–H and O–H groups in total. The second-order valence-corrected chi connectivity index (χ2v) is 7.67. The minimum atomic E-state index is 0.189. The van der Waals surface area contributed by atoms with Crippen LogP contribution in [0.2, 0.25) is 0 Å². The lowest BCUT2D eigenvalue weighted by atomic mass is 10.2. The summed E-state index contributed by atoms with van der Waals surface area (Å²) in [6.45, 7) is 10.5. The Hall–Kier alpha value is -1.53. The molecule has 0 saturated heterocycles. The molecule has 1 unspecified atom stereocenters. The maximum atomic E-state index is 4.51. The zero-order valence-corrected chi connectivity index (χ0v) is 14.4. The van der Waals surface area contributed by atoms with Crippen LogP contribution in [0.5, 0.6) is 0 Å². The molecule has 0 aliphatic rings. The summed E-state index contributed by atoms with van der Waals surface area (Å²) in [5, 5.41) is 5.78. The van der Waals surface area contributed by atoms with Crippen molar-refractivity contribution < 1.29 is 0 Å². The van der Waals surface area contributed by atoms with Crippen molar-refractivity contribution in [1.82, 2.24) is 15.0 Å². The highest BCUT2D eigenvalue weighted by Gasteiger charge is 2.17. The smallest absolute Gasteiger partial charge is 0.138 e. The van der Waals surface area contributed by atoms with Gasteiger partial charge in [-0.25, -0.2) is 15.0 Å². The van der Waals surface area contributed by atoms with E-state index in [9.17, 15) is 0 Å². The summed E-state index contributed by atoms with van der Waals surface area (Å²) in [4.78, 5) is 17.0. The summed E-state index contributed by atoms with van der Waals surface area (Å²) in [5.74, 6) is 0.916. The molecule has 3 aromatic rings. The van der Waals surface area contributed by atoms with E-state index in [0.717, 1.165) is 26.7 Å². The average Bonchev–Trinajstić information content (AvgIpc) is 2.91. The summed E-state index contributed by atoms with van der Waals surface area (Å²) in [7, 11) is 0. The number of nitrogens with zero attached hydrogens (tertiary/aromatic N) is 3. The average molecular weight is 318 g/mol. The van der Waals surface area contributed by atoms with Gasteiger partial charge in [-0.3, -0.25) is 0 Å². The number of hydrogen-bond acceptors (Lipinski definition) is 6. The monoisotopic (exact) mass is 318 g/mol. The molecule has 0 aliphatic carbocycles. The van der Waals surface area contributed by atoms with Crippen LogP contribution in [0.15, 0.2) is 6.33 Å². The molecule has 0 aromatic carbocycles. The van der Waals surface area contributed by atoms with Crippen LogP contribution < -0.4 is 5.32 Å². The van der Waals surface area contributed by atoms with E-state index in [0.29, 0.717) is 0 Å². The van der Waals surface area contributed by atoms with Gasteiger partial charge >= 0.3 is 0 Å². The third-order valence-corrected chi connectivity index (χ3v) is 6.02. The lowest BCUT2D eigenvalue weighted by Gasteiger charge is -2.14.